The van der Waals surface area contributed by atoms with Crippen LogP contribution in [0.1, 0.15) is 0 Å². The molecule has 0 unspecified atom stereocenters. The Kier molecular flexibility index (Phi) is 2.47. The molecule has 0 spiro atoms. The molecule has 4 rings (SSSR count). The van der Waals surface area contributed by atoms with Crippen LogP contribution in [-0.4, -0.2) is 19.7 Å². The lowest BCUT2D eigenvalue weighted by Crippen LogP contribution is -1.89. The number of rotatable bonds is 2. The summed E-state index contributed by atoms with van der Waals surface area (Å²) in [6.07, 6.45) is 3.28. The molecule has 0 saturated heterocycles. The molecular formula is C15H11N5O. The van der Waals surface area contributed by atoms with Gasteiger partial charge < -0.3 is 10.2 Å². The van der Waals surface area contributed by atoms with Crippen molar-refractivity contribution in [2.75, 3.05) is 5.73 Å². The van der Waals surface area contributed by atoms with Crippen molar-refractivity contribution in [2.24, 2.45) is 0 Å². The molecule has 6 heteroatoms. The Morgan fingerprint density at radius 3 is 2.67 bits per heavy atom. The summed E-state index contributed by atoms with van der Waals surface area (Å²) in [4.78, 5) is 4.52. The van der Waals surface area contributed by atoms with Crippen molar-refractivity contribution >= 4 is 16.8 Å². The van der Waals surface area contributed by atoms with E-state index in [0.29, 0.717) is 11.6 Å². The molecule has 2 aromatic carbocycles. The van der Waals surface area contributed by atoms with Crippen molar-refractivity contribution in [2.45, 2.75) is 0 Å². The number of hydrogen-bond acceptors (Lipinski definition) is 5. The van der Waals surface area contributed by atoms with Crippen molar-refractivity contribution in [1.29, 1.82) is 0 Å². The molecule has 21 heavy (non-hydrogen) atoms. The lowest BCUT2D eigenvalue weighted by molar-refractivity contribution is 0.620. The summed E-state index contributed by atoms with van der Waals surface area (Å²) in [6.45, 7) is 0. The number of nitrogen functional groups attached to an aromatic ring is 1. The summed E-state index contributed by atoms with van der Waals surface area (Å²) in [6, 6.07) is 13.2. The minimum absolute atomic E-state index is 0.554. The highest BCUT2D eigenvalue weighted by Gasteiger charge is 2.09. The summed E-state index contributed by atoms with van der Waals surface area (Å²) in [5, 5.41) is 7.59. The predicted molar refractivity (Wildman–Crippen MR) is 78.8 cm³/mol. The van der Waals surface area contributed by atoms with Gasteiger partial charge >= 0.3 is 0 Å². The van der Waals surface area contributed by atoms with Gasteiger partial charge in [-0.2, -0.15) is 0 Å². The second-order valence-corrected chi connectivity index (χ2v) is 4.67. The van der Waals surface area contributed by atoms with Crippen LogP contribution in [0.5, 0.6) is 0 Å². The Balaban J connectivity index is 1.83. The number of nitrogens with zero attached hydrogens (tertiary/aromatic N) is 4. The van der Waals surface area contributed by atoms with Gasteiger partial charge in [0.15, 0.2) is 5.58 Å². The van der Waals surface area contributed by atoms with Crippen LogP contribution in [0.4, 0.5) is 5.69 Å². The third-order valence-electron chi connectivity index (χ3n) is 3.22. The quantitative estimate of drug-likeness (QED) is 0.569. The van der Waals surface area contributed by atoms with E-state index in [1.807, 2.05) is 47.0 Å². The van der Waals surface area contributed by atoms with Crippen LogP contribution in [0.3, 0.4) is 0 Å². The van der Waals surface area contributed by atoms with E-state index < -0.39 is 0 Å². The fraction of sp³-hybridized carbons (Fsp3) is 0. The molecule has 0 bridgehead atoms. The van der Waals surface area contributed by atoms with Gasteiger partial charge in [0.05, 0.1) is 5.69 Å². The maximum atomic E-state index is 5.79. The molecule has 0 amide bonds. The molecule has 2 heterocycles. The molecule has 0 atom stereocenters. The number of benzene rings is 2. The molecule has 2 aromatic heterocycles. The Labute approximate surface area is 119 Å². The van der Waals surface area contributed by atoms with Crippen LogP contribution >= 0.6 is 0 Å². The monoisotopic (exact) mass is 277 g/mol. The molecule has 0 aliphatic carbocycles. The Hall–Kier alpha value is -3.15. The maximum Gasteiger partial charge on any atom is 0.227 e. The summed E-state index contributed by atoms with van der Waals surface area (Å²) in [5.41, 5.74) is 9.76. The summed E-state index contributed by atoms with van der Waals surface area (Å²) in [7, 11) is 0. The van der Waals surface area contributed by atoms with Gasteiger partial charge in [-0.15, -0.1) is 10.2 Å². The van der Waals surface area contributed by atoms with Crippen LogP contribution in [0.15, 0.2) is 59.5 Å². The number of oxazole rings is 1. The van der Waals surface area contributed by atoms with Crippen LogP contribution in [0, 0.1) is 0 Å². The lowest BCUT2D eigenvalue weighted by atomic mass is 10.2. The first-order valence-electron chi connectivity index (χ1n) is 6.41. The lowest BCUT2D eigenvalue weighted by Gasteiger charge is -1.98. The second-order valence-electron chi connectivity index (χ2n) is 4.67. The fourth-order valence-electron chi connectivity index (χ4n) is 2.21. The van der Waals surface area contributed by atoms with Gasteiger partial charge in [-0.3, -0.25) is 4.57 Å². The highest BCUT2D eigenvalue weighted by molar-refractivity contribution is 5.78. The second kappa shape index (κ2) is 4.45. The molecule has 2 N–H and O–H groups in total. The molecule has 4 aromatic rings. The average molecular weight is 277 g/mol. The number of anilines is 1. The molecule has 0 radical (unpaired) electrons. The first-order valence-corrected chi connectivity index (χ1v) is 6.41. The van der Waals surface area contributed by atoms with E-state index in [-0.39, 0.29) is 0 Å². The predicted octanol–water partition coefficient (Wildman–Crippen LogP) is 2.66. The van der Waals surface area contributed by atoms with Gasteiger partial charge in [0, 0.05) is 11.3 Å². The van der Waals surface area contributed by atoms with E-state index in [4.69, 9.17) is 10.2 Å². The van der Waals surface area contributed by atoms with Crippen LogP contribution in [0.25, 0.3) is 28.2 Å². The molecule has 0 aliphatic heterocycles. The van der Waals surface area contributed by atoms with E-state index in [0.717, 1.165) is 22.4 Å². The minimum atomic E-state index is 0.554. The van der Waals surface area contributed by atoms with Crippen molar-refractivity contribution in [1.82, 2.24) is 19.7 Å². The van der Waals surface area contributed by atoms with E-state index in [9.17, 15) is 0 Å². The van der Waals surface area contributed by atoms with Crippen LogP contribution in [0.2, 0.25) is 0 Å². The fourth-order valence-corrected chi connectivity index (χ4v) is 2.21. The zero-order chi connectivity index (χ0) is 14.2. The molecule has 0 aliphatic rings. The van der Waals surface area contributed by atoms with Crippen LogP contribution < -0.4 is 5.73 Å². The van der Waals surface area contributed by atoms with Crippen molar-refractivity contribution < 1.29 is 4.42 Å². The number of fused-ring (bicyclic) bond motifs is 1. The van der Waals surface area contributed by atoms with Crippen molar-refractivity contribution in [3.63, 3.8) is 0 Å². The zero-order valence-electron chi connectivity index (χ0n) is 11.0. The standard InChI is InChI=1S/C15H11N5O/c16-11-3-1-2-10(6-11)15-19-13-7-12(4-5-14(13)21-15)20-8-17-18-9-20/h1-9H,16H2. The highest BCUT2D eigenvalue weighted by Crippen LogP contribution is 2.26. The van der Waals surface area contributed by atoms with Crippen molar-refractivity contribution in [3.8, 4) is 17.1 Å². The normalized spacial score (nSPS) is 11.0. The van der Waals surface area contributed by atoms with E-state index in [1.54, 1.807) is 12.7 Å². The number of hydrogen-bond donors (Lipinski definition) is 1. The van der Waals surface area contributed by atoms with Gasteiger partial charge in [-0.05, 0) is 36.4 Å². The average Bonchev–Trinajstić information content (AvgIpc) is 3.16. The molecule has 0 fully saturated rings. The van der Waals surface area contributed by atoms with Gasteiger partial charge in [0.1, 0.15) is 18.2 Å². The largest absolute Gasteiger partial charge is 0.436 e. The van der Waals surface area contributed by atoms with Crippen molar-refractivity contribution in [3.05, 3.63) is 55.1 Å². The summed E-state index contributed by atoms with van der Waals surface area (Å²) < 4.78 is 7.59. The van der Waals surface area contributed by atoms with Gasteiger partial charge in [0.25, 0.3) is 0 Å². The third-order valence-corrected chi connectivity index (χ3v) is 3.22. The highest BCUT2D eigenvalue weighted by atomic mass is 16.3. The zero-order valence-corrected chi connectivity index (χ0v) is 11.0. The topological polar surface area (TPSA) is 82.8 Å². The Morgan fingerprint density at radius 1 is 1.00 bits per heavy atom. The molecule has 6 nitrogen and oxygen atoms in total. The van der Waals surface area contributed by atoms with Gasteiger partial charge in [0.2, 0.25) is 5.89 Å². The number of nitrogens with two attached hydrogens (primary N) is 1. The Morgan fingerprint density at radius 2 is 1.86 bits per heavy atom. The molecule has 102 valence electrons. The summed E-state index contributed by atoms with van der Waals surface area (Å²) >= 11 is 0. The first kappa shape index (κ1) is 11.7. The first-order chi connectivity index (χ1) is 10.3. The maximum absolute atomic E-state index is 5.79. The molecular weight excluding hydrogens is 266 g/mol. The van der Waals surface area contributed by atoms with E-state index in [1.165, 1.54) is 0 Å². The van der Waals surface area contributed by atoms with Gasteiger partial charge in [-0.1, -0.05) is 6.07 Å². The van der Waals surface area contributed by atoms with E-state index >= 15 is 0 Å². The van der Waals surface area contributed by atoms with Gasteiger partial charge in [-0.25, -0.2) is 4.98 Å². The third kappa shape index (κ3) is 2.02. The van der Waals surface area contributed by atoms with E-state index in [2.05, 4.69) is 15.2 Å². The smallest absolute Gasteiger partial charge is 0.227 e. The Bertz CT molecular complexity index is 911. The number of aromatic nitrogens is 4. The molecule has 0 saturated carbocycles. The SMILES string of the molecule is Nc1cccc(-c2nc3cc(-n4cnnc4)ccc3o2)c1. The minimum Gasteiger partial charge on any atom is -0.436 e. The summed E-state index contributed by atoms with van der Waals surface area (Å²) in [5.74, 6) is 0.554. The van der Waals surface area contributed by atoms with Crippen LogP contribution in [-0.2, 0) is 0 Å².